The van der Waals surface area contributed by atoms with Crippen molar-refractivity contribution in [1.29, 1.82) is 0 Å². The van der Waals surface area contributed by atoms with Crippen LogP contribution >= 0.6 is 11.6 Å². The minimum Gasteiger partial charge on any atom is -0.493 e. The number of fused-ring (bicyclic) bond motifs is 1. The molecule has 0 saturated heterocycles. The lowest BCUT2D eigenvalue weighted by molar-refractivity contribution is -0.122. The van der Waals surface area contributed by atoms with Gasteiger partial charge in [0.1, 0.15) is 5.75 Å². The summed E-state index contributed by atoms with van der Waals surface area (Å²) in [6.07, 6.45) is 3.67. The van der Waals surface area contributed by atoms with Gasteiger partial charge in [0.2, 0.25) is 0 Å². The van der Waals surface area contributed by atoms with Crippen LogP contribution in [-0.4, -0.2) is 19.1 Å². The Labute approximate surface area is 193 Å². The SMILES string of the molecule is COc1ccccc1Oc1ccc(Cl)cc1NC(=O)[C@H](C)Oc1cccc2c1CCCC2. The maximum Gasteiger partial charge on any atom is 0.265 e. The van der Waals surface area contributed by atoms with Gasteiger partial charge in [-0.2, -0.15) is 0 Å². The summed E-state index contributed by atoms with van der Waals surface area (Å²) in [5.41, 5.74) is 2.98. The molecule has 0 aromatic heterocycles. The standard InChI is InChI=1S/C26H26ClNO4/c1-17(31-22-13-7-9-18-8-3-4-10-20(18)22)26(29)28-21-16-19(27)14-15-23(21)32-25-12-6-5-11-24(25)30-2/h5-7,9,11-17H,3-4,8,10H2,1-2H3,(H,28,29)/t17-/m0/s1. The molecule has 4 rings (SSSR count). The molecule has 32 heavy (non-hydrogen) atoms. The van der Waals surface area contributed by atoms with E-state index < -0.39 is 6.10 Å². The summed E-state index contributed by atoms with van der Waals surface area (Å²) in [4.78, 5) is 13.0. The third-order valence-electron chi connectivity index (χ3n) is 5.51. The lowest BCUT2D eigenvalue weighted by Gasteiger charge is -2.22. The Morgan fingerprint density at radius 3 is 2.50 bits per heavy atom. The number of anilines is 1. The first-order valence-electron chi connectivity index (χ1n) is 10.7. The second-order valence-corrected chi connectivity index (χ2v) is 8.18. The first-order valence-corrected chi connectivity index (χ1v) is 11.1. The van der Waals surface area contributed by atoms with E-state index in [1.807, 2.05) is 24.3 Å². The van der Waals surface area contributed by atoms with Gasteiger partial charge in [0.15, 0.2) is 23.4 Å². The second-order valence-electron chi connectivity index (χ2n) is 7.74. The van der Waals surface area contributed by atoms with E-state index in [-0.39, 0.29) is 5.91 Å². The van der Waals surface area contributed by atoms with Gasteiger partial charge in [-0.05, 0) is 80.1 Å². The third-order valence-corrected chi connectivity index (χ3v) is 5.75. The van der Waals surface area contributed by atoms with Crippen LogP contribution < -0.4 is 19.5 Å². The number of carbonyl (C=O) groups is 1. The lowest BCUT2D eigenvalue weighted by Crippen LogP contribution is -2.30. The second kappa shape index (κ2) is 9.96. The van der Waals surface area contributed by atoms with Crippen molar-refractivity contribution in [2.75, 3.05) is 12.4 Å². The number of carbonyl (C=O) groups excluding carboxylic acids is 1. The van der Waals surface area contributed by atoms with Crippen molar-refractivity contribution < 1.29 is 19.0 Å². The first kappa shape index (κ1) is 22.0. The molecule has 0 saturated carbocycles. The van der Waals surface area contributed by atoms with E-state index in [9.17, 15) is 4.79 Å². The number of rotatable bonds is 7. The third kappa shape index (κ3) is 5.00. The van der Waals surface area contributed by atoms with Crippen molar-refractivity contribution in [3.63, 3.8) is 0 Å². The lowest BCUT2D eigenvalue weighted by atomic mass is 9.91. The van der Waals surface area contributed by atoms with Gasteiger partial charge in [-0.1, -0.05) is 35.9 Å². The van der Waals surface area contributed by atoms with E-state index in [0.717, 1.165) is 25.0 Å². The Kier molecular flexibility index (Phi) is 6.86. The topological polar surface area (TPSA) is 56.8 Å². The van der Waals surface area contributed by atoms with Crippen LogP contribution in [0, 0.1) is 0 Å². The highest BCUT2D eigenvalue weighted by atomic mass is 35.5. The number of nitrogens with one attached hydrogen (secondary N) is 1. The molecule has 6 heteroatoms. The predicted octanol–water partition coefficient (Wildman–Crippen LogP) is 6.43. The van der Waals surface area contributed by atoms with Crippen LogP contribution in [0.5, 0.6) is 23.0 Å². The van der Waals surface area contributed by atoms with E-state index in [0.29, 0.717) is 28.0 Å². The first-order chi connectivity index (χ1) is 15.5. The number of aryl methyl sites for hydroxylation is 1. The Morgan fingerprint density at radius 2 is 1.69 bits per heavy atom. The van der Waals surface area contributed by atoms with Crippen molar-refractivity contribution in [3.8, 4) is 23.0 Å². The van der Waals surface area contributed by atoms with Crippen LogP contribution in [-0.2, 0) is 17.6 Å². The molecule has 3 aromatic rings. The van der Waals surface area contributed by atoms with Crippen LogP contribution in [0.2, 0.25) is 5.02 Å². The molecule has 0 fully saturated rings. The average Bonchev–Trinajstić information content (AvgIpc) is 2.81. The fraction of sp³-hybridized carbons (Fsp3) is 0.269. The van der Waals surface area contributed by atoms with Crippen molar-refractivity contribution in [2.45, 2.75) is 38.7 Å². The van der Waals surface area contributed by atoms with E-state index in [1.54, 1.807) is 44.4 Å². The van der Waals surface area contributed by atoms with Gasteiger partial charge in [0.25, 0.3) is 5.91 Å². The van der Waals surface area contributed by atoms with Gasteiger partial charge in [0.05, 0.1) is 12.8 Å². The van der Waals surface area contributed by atoms with E-state index in [2.05, 4.69) is 11.4 Å². The molecule has 1 aliphatic carbocycles. The number of para-hydroxylation sites is 2. The van der Waals surface area contributed by atoms with Crippen molar-refractivity contribution in [1.82, 2.24) is 0 Å². The van der Waals surface area contributed by atoms with Crippen LogP contribution in [0.3, 0.4) is 0 Å². The highest BCUT2D eigenvalue weighted by molar-refractivity contribution is 6.31. The van der Waals surface area contributed by atoms with Crippen LogP contribution in [0.25, 0.3) is 0 Å². The number of ether oxygens (including phenoxy) is 3. The maximum absolute atomic E-state index is 13.0. The molecule has 0 radical (unpaired) electrons. The smallest absolute Gasteiger partial charge is 0.265 e. The monoisotopic (exact) mass is 451 g/mol. The van der Waals surface area contributed by atoms with Crippen LogP contribution in [0.15, 0.2) is 60.7 Å². The van der Waals surface area contributed by atoms with E-state index in [4.69, 9.17) is 25.8 Å². The zero-order chi connectivity index (χ0) is 22.5. The summed E-state index contributed by atoms with van der Waals surface area (Å²) in [7, 11) is 1.58. The molecule has 0 aliphatic heterocycles. The summed E-state index contributed by atoms with van der Waals surface area (Å²) in [5, 5.41) is 3.38. The summed E-state index contributed by atoms with van der Waals surface area (Å²) < 4.78 is 17.4. The largest absolute Gasteiger partial charge is 0.493 e. The Bertz CT molecular complexity index is 1110. The highest BCUT2D eigenvalue weighted by Crippen LogP contribution is 2.36. The molecule has 1 atom stereocenters. The minimum absolute atomic E-state index is 0.287. The number of hydrogen-bond donors (Lipinski definition) is 1. The summed E-state index contributed by atoms with van der Waals surface area (Å²) in [5.74, 6) is 2.07. The molecular weight excluding hydrogens is 426 g/mol. The van der Waals surface area contributed by atoms with Gasteiger partial charge >= 0.3 is 0 Å². The number of benzene rings is 3. The van der Waals surface area contributed by atoms with Gasteiger partial charge in [0, 0.05) is 5.02 Å². The molecule has 3 aromatic carbocycles. The molecule has 0 spiro atoms. The van der Waals surface area contributed by atoms with Crippen molar-refractivity contribution >= 4 is 23.2 Å². The summed E-state index contributed by atoms with van der Waals surface area (Å²) >= 11 is 6.19. The van der Waals surface area contributed by atoms with Gasteiger partial charge in [-0.25, -0.2) is 0 Å². The molecule has 1 amide bonds. The van der Waals surface area contributed by atoms with Crippen molar-refractivity contribution in [3.05, 3.63) is 76.8 Å². The van der Waals surface area contributed by atoms with E-state index in [1.165, 1.54) is 17.5 Å². The van der Waals surface area contributed by atoms with E-state index >= 15 is 0 Å². The maximum atomic E-state index is 13.0. The summed E-state index contributed by atoms with van der Waals surface area (Å²) in [6.45, 7) is 1.74. The quantitative estimate of drug-likeness (QED) is 0.450. The molecule has 0 heterocycles. The van der Waals surface area contributed by atoms with Crippen molar-refractivity contribution in [2.24, 2.45) is 0 Å². The zero-order valence-corrected chi connectivity index (χ0v) is 18.9. The Balaban J connectivity index is 1.51. The minimum atomic E-state index is -0.693. The molecule has 5 nitrogen and oxygen atoms in total. The van der Waals surface area contributed by atoms with Gasteiger partial charge < -0.3 is 19.5 Å². The number of hydrogen-bond acceptors (Lipinski definition) is 4. The number of amides is 1. The number of methoxy groups -OCH3 is 1. The fourth-order valence-corrected chi connectivity index (χ4v) is 4.02. The molecule has 166 valence electrons. The van der Waals surface area contributed by atoms with Crippen LogP contribution in [0.4, 0.5) is 5.69 Å². The molecular formula is C26H26ClNO4. The summed E-state index contributed by atoms with van der Waals surface area (Å²) in [6, 6.07) is 18.4. The Hall–Kier alpha value is -3.18. The average molecular weight is 452 g/mol. The zero-order valence-electron chi connectivity index (χ0n) is 18.2. The normalized spacial score (nSPS) is 13.6. The molecule has 1 N–H and O–H groups in total. The van der Waals surface area contributed by atoms with Crippen LogP contribution in [0.1, 0.15) is 30.9 Å². The van der Waals surface area contributed by atoms with Gasteiger partial charge in [-0.3, -0.25) is 4.79 Å². The van der Waals surface area contributed by atoms with Gasteiger partial charge in [-0.15, -0.1) is 0 Å². The molecule has 0 bridgehead atoms. The number of halogens is 1. The molecule has 0 unspecified atom stereocenters. The Morgan fingerprint density at radius 1 is 0.938 bits per heavy atom. The predicted molar refractivity (Wildman–Crippen MR) is 126 cm³/mol. The fourth-order valence-electron chi connectivity index (χ4n) is 3.85. The molecule has 1 aliphatic rings. The highest BCUT2D eigenvalue weighted by Gasteiger charge is 2.21.